The van der Waals surface area contributed by atoms with Crippen molar-refractivity contribution < 1.29 is 28.6 Å². The second kappa shape index (κ2) is 16.6. The summed E-state index contributed by atoms with van der Waals surface area (Å²) in [4.78, 5) is 47.0. The molecule has 53 heavy (non-hydrogen) atoms. The first-order chi connectivity index (χ1) is 25.9. The van der Waals surface area contributed by atoms with Gasteiger partial charge >= 0.3 is 5.97 Å². The molecule has 0 aliphatic rings. The van der Waals surface area contributed by atoms with E-state index in [4.69, 9.17) is 14.6 Å². The number of rotatable bonds is 15. The molecule has 270 valence electrons. The van der Waals surface area contributed by atoms with Gasteiger partial charge in [-0.3, -0.25) is 19.7 Å². The Morgan fingerprint density at radius 2 is 1.32 bits per heavy atom. The van der Waals surface area contributed by atoms with E-state index in [1.165, 1.54) is 13.4 Å². The highest BCUT2D eigenvalue weighted by molar-refractivity contribution is 6.08. The maximum Gasteiger partial charge on any atom is 0.325 e. The molecule has 0 spiro atoms. The van der Waals surface area contributed by atoms with E-state index in [1.54, 1.807) is 43.2 Å². The summed E-state index contributed by atoms with van der Waals surface area (Å²) >= 11 is 0. The number of fused-ring (bicyclic) bond motifs is 1. The van der Waals surface area contributed by atoms with Crippen LogP contribution >= 0.6 is 0 Å². The van der Waals surface area contributed by atoms with Gasteiger partial charge in [0, 0.05) is 12.1 Å². The van der Waals surface area contributed by atoms with Gasteiger partial charge in [0.05, 0.1) is 50.9 Å². The van der Waals surface area contributed by atoms with Crippen LogP contribution in [0.15, 0.2) is 116 Å². The summed E-state index contributed by atoms with van der Waals surface area (Å²) in [5, 5.41) is 14.5. The number of carbonyl (C=O) groups excluding carboxylic acids is 3. The molecule has 2 heterocycles. The molecular weight excluding hydrogens is 674 g/mol. The average Bonchev–Trinajstić information content (AvgIpc) is 3.56. The van der Waals surface area contributed by atoms with E-state index in [0.717, 1.165) is 22.4 Å². The maximum atomic E-state index is 13.3. The zero-order valence-corrected chi connectivity index (χ0v) is 29.5. The maximum absolute atomic E-state index is 13.3. The molecule has 0 aliphatic heterocycles. The summed E-state index contributed by atoms with van der Waals surface area (Å²) in [6, 6.07) is 35.0. The van der Waals surface area contributed by atoms with Crippen molar-refractivity contribution in [3.05, 3.63) is 143 Å². The predicted octanol–water partition coefficient (Wildman–Crippen LogP) is 4.51. The van der Waals surface area contributed by atoms with E-state index in [2.05, 4.69) is 54.9 Å². The molecule has 0 aliphatic carbocycles. The smallest absolute Gasteiger partial charge is 0.325 e. The van der Waals surface area contributed by atoms with E-state index >= 15 is 0 Å². The van der Waals surface area contributed by atoms with Gasteiger partial charge in [-0.05, 0) is 53.1 Å². The summed E-state index contributed by atoms with van der Waals surface area (Å²) in [7, 11) is 4.43. The third kappa shape index (κ3) is 8.00. The van der Waals surface area contributed by atoms with Crippen LogP contribution in [0.3, 0.4) is 0 Å². The number of hydrogen-bond donors (Lipinski definition) is 3. The van der Waals surface area contributed by atoms with Crippen LogP contribution in [0.4, 0.5) is 5.82 Å². The van der Waals surface area contributed by atoms with Crippen molar-refractivity contribution in [2.45, 2.75) is 18.5 Å². The lowest BCUT2D eigenvalue weighted by atomic mass is 9.77. The fraction of sp³-hybridized carbons (Fsp3) is 0.200. The van der Waals surface area contributed by atoms with Crippen molar-refractivity contribution in [2.24, 2.45) is 0 Å². The summed E-state index contributed by atoms with van der Waals surface area (Å²) < 4.78 is 17.0. The Hall–Kier alpha value is -6.60. The van der Waals surface area contributed by atoms with Crippen LogP contribution in [-0.2, 0) is 32.8 Å². The molecule has 4 aromatic carbocycles. The summed E-state index contributed by atoms with van der Waals surface area (Å²) in [5.74, 6) is 0.0575. The van der Waals surface area contributed by atoms with Gasteiger partial charge in [0.1, 0.15) is 30.2 Å². The highest BCUT2D eigenvalue weighted by Gasteiger charge is 2.36. The van der Waals surface area contributed by atoms with Crippen LogP contribution in [0.25, 0.3) is 11.0 Å². The normalized spacial score (nSPS) is 11.2. The number of ether oxygens (including phenoxy) is 3. The molecule has 13 nitrogen and oxygen atoms in total. The Morgan fingerprint density at radius 3 is 1.91 bits per heavy atom. The van der Waals surface area contributed by atoms with Crippen LogP contribution in [0.2, 0.25) is 0 Å². The van der Waals surface area contributed by atoms with Crippen molar-refractivity contribution in [1.82, 2.24) is 30.4 Å². The van der Waals surface area contributed by atoms with Crippen LogP contribution in [0.5, 0.6) is 11.5 Å². The third-order valence-electron chi connectivity index (χ3n) is 8.82. The van der Waals surface area contributed by atoms with Crippen molar-refractivity contribution >= 4 is 34.6 Å². The molecule has 0 bridgehead atoms. The standard InChI is InChI=1S/C40H39N7O6/c1-51-31-18-14-27(15-19-31)39(50)45-37-36-33(24-34(48)41-25-35(49)53-3)46-47(38(36)43-26-42-37)23-22-44-40(28-10-6-4-7-11-28,29-12-8-5-9-13-29)30-16-20-32(52-2)21-17-30/h4-21,26,44H,22-25H2,1-3H3,(H,41,48)(H,42,43,45,50). The monoisotopic (exact) mass is 713 g/mol. The van der Waals surface area contributed by atoms with Crippen LogP contribution in [0.1, 0.15) is 32.7 Å². The lowest BCUT2D eigenvalue weighted by molar-refractivity contribution is -0.141. The number of benzene rings is 4. The number of carbonyl (C=O) groups is 3. The topological polar surface area (TPSA) is 159 Å². The van der Waals surface area contributed by atoms with Crippen molar-refractivity contribution in [3.8, 4) is 11.5 Å². The second-order valence-corrected chi connectivity index (χ2v) is 11.9. The lowest BCUT2D eigenvalue weighted by Gasteiger charge is -2.37. The Kier molecular flexibility index (Phi) is 11.3. The van der Waals surface area contributed by atoms with Gasteiger partial charge in [0.15, 0.2) is 5.65 Å². The predicted molar refractivity (Wildman–Crippen MR) is 199 cm³/mol. The van der Waals surface area contributed by atoms with Gasteiger partial charge in [-0.2, -0.15) is 5.10 Å². The summed E-state index contributed by atoms with van der Waals surface area (Å²) in [6.45, 7) is 0.417. The third-order valence-corrected chi connectivity index (χ3v) is 8.82. The van der Waals surface area contributed by atoms with E-state index in [0.29, 0.717) is 41.1 Å². The Bertz CT molecular complexity index is 2130. The largest absolute Gasteiger partial charge is 0.497 e. The average molecular weight is 714 g/mol. The quantitative estimate of drug-likeness (QED) is 0.102. The molecule has 2 amide bonds. The lowest BCUT2D eigenvalue weighted by Crippen LogP contribution is -2.46. The molecular formula is C40H39N7O6. The first-order valence-corrected chi connectivity index (χ1v) is 16.9. The highest BCUT2D eigenvalue weighted by atomic mass is 16.5. The van der Waals surface area contributed by atoms with Crippen LogP contribution in [-0.4, -0.2) is 72.0 Å². The van der Waals surface area contributed by atoms with Crippen molar-refractivity contribution in [3.63, 3.8) is 0 Å². The molecule has 6 rings (SSSR count). The van der Waals surface area contributed by atoms with E-state index < -0.39 is 23.3 Å². The number of esters is 1. The van der Waals surface area contributed by atoms with Crippen LogP contribution < -0.4 is 25.4 Å². The van der Waals surface area contributed by atoms with Gasteiger partial charge < -0.3 is 24.8 Å². The molecule has 0 saturated heterocycles. The molecule has 0 atom stereocenters. The number of nitrogens with zero attached hydrogens (tertiary/aromatic N) is 4. The van der Waals surface area contributed by atoms with E-state index in [-0.39, 0.29) is 18.8 Å². The highest BCUT2D eigenvalue weighted by Crippen LogP contribution is 2.37. The molecule has 3 N–H and O–H groups in total. The van der Waals surface area contributed by atoms with Gasteiger partial charge in [-0.15, -0.1) is 0 Å². The van der Waals surface area contributed by atoms with Gasteiger partial charge in [0.2, 0.25) is 5.91 Å². The fourth-order valence-corrected chi connectivity index (χ4v) is 6.21. The Morgan fingerprint density at radius 1 is 0.736 bits per heavy atom. The minimum Gasteiger partial charge on any atom is -0.497 e. The summed E-state index contributed by atoms with van der Waals surface area (Å²) in [6.07, 6.45) is 1.13. The zero-order valence-electron chi connectivity index (χ0n) is 29.5. The van der Waals surface area contributed by atoms with Gasteiger partial charge in [0.25, 0.3) is 5.91 Å². The van der Waals surface area contributed by atoms with E-state index in [1.807, 2.05) is 60.7 Å². The number of anilines is 1. The molecule has 6 aromatic rings. The summed E-state index contributed by atoms with van der Waals surface area (Å²) in [5.41, 5.74) is 3.38. The van der Waals surface area contributed by atoms with Crippen molar-refractivity contribution in [2.75, 3.05) is 39.7 Å². The molecule has 0 radical (unpaired) electrons. The zero-order chi connectivity index (χ0) is 37.2. The Balaban J connectivity index is 1.37. The number of aromatic nitrogens is 4. The molecule has 0 saturated carbocycles. The Labute approximate surface area is 306 Å². The first kappa shape index (κ1) is 36.2. The van der Waals surface area contributed by atoms with Gasteiger partial charge in [-0.1, -0.05) is 72.8 Å². The number of methoxy groups -OCH3 is 3. The van der Waals surface area contributed by atoms with Crippen molar-refractivity contribution in [1.29, 1.82) is 0 Å². The number of amides is 2. The second-order valence-electron chi connectivity index (χ2n) is 11.9. The number of hydrogen-bond acceptors (Lipinski definition) is 10. The molecule has 0 unspecified atom stereocenters. The molecule has 13 heteroatoms. The van der Waals surface area contributed by atoms with Crippen LogP contribution in [0, 0.1) is 0 Å². The first-order valence-electron chi connectivity index (χ1n) is 16.9. The minimum atomic E-state index is -0.777. The van der Waals surface area contributed by atoms with E-state index in [9.17, 15) is 14.4 Å². The fourth-order valence-electron chi connectivity index (χ4n) is 6.21. The SMILES string of the molecule is COC(=O)CNC(=O)Cc1nn(CCNC(c2ccccc2)(c2ccccc2)c2ccc(OC)cc2)c2ncnc(NC(=O)c3ccc(OC)cc3)c12. The minimum absolute atomic E-state index is 0.187. The van der Waals surface area contributed by atoms with Gasteiger partial charge in [-0.25, -0.2) is 14.6 Å². The molecule has 2 aromatic heterocycles. The molecule has 0 fully saturated rings. The number of nitrogens with one attached hydrogen (secondary N) is 3.